The van der Waals surface area contributed by atoms with E-state index in [4.69, 9.17) is 14.5 Å². The molecule has 0 radical (unpaired) electrons. The summed E-state index contributed by atoms with van der Waals surface area (Å²) in [6.07, 6.45) is 1.72. The predicted octanol–water partition coefficient (Wildman–Crippen LogP) is 1.56. The number of morpholine rings is 2. The van der Waals surface area contributed by atoms with Gasteiger partial charge >= 0.3 is 0 Å². The average molecular weight is 437 g/mol. The zero-order chi connectivity index (χ0) is 22.0. The maximum absolute atomic E-state index is 10.7. The quantitative estimate of drug-likeness (QED) is 0.549. The van der Waals surface area contributed by atoms with Crippen molar-refractivity contribution in [3.63, 3.8) is 0 Å². The highest BCUT2D eigenvalue weighted by Crippen LogP contribution is 2.28. The smallest absolute Gasteiger partial charge is 0.195 e. The summed E-state index contributed by atoms with van der Waals surface area (Å²) >= 11 is 0. The molecule has 0 bridgehead atoms. The van der Waals surface area contributed by atoms with E-state index in [1.165, 1.54) is 5.69 Å². The molecular formula is C23H28N6O3. The molecular weight excluding hydrogens is 408 g/mol. The lowest BCUT2D eigenvalue weighted by atomic mass is 10.1. The highest BCUT2D eigenvalue weighted by Gasteiger charge is 2.30. The third-order valence-electron chi connectivity index (χ3n) is 5.77. The zero-order valence-corrected chi connectivity index (χ0v) is 18.2. The number of pyridine rings is 1. The van der Waals surface area contributed by atoms with Gasteiger partial charge in [0, 0.05) is 37.1 Å². The Morgan fingerprint density at radius 3 is 2.72 bits per heavy atom. The van der Waals surface area contributed by atoms with Gasteiger partial charge in [-0.15, -0.1) is 0 Å². The molecule has 3 N–H and O–H groups in total. The van der Waals surface area contributed by atoms with Crippen molar-refractivity contribution in [2.75, 3.05) is 62.8 Å². The fraction of sp³-hybridized carbons (Fsp3) is 0.435. The molecule has 0 aliphatic carbocycles. The van der Waals surface area contributed by atoms with Crippen LogP contribution >= 0.6 is 0 Å². The Morgan fingerprint density at radius 1 is 1.16 bits per heavy atom. The summed E-state index contributed by atoms with van der Waals surface area (Å²) < 4.78 is 11.0. The first-order valence-corrected chi connectivity index (χ1v) is 11.0. The topological polar surface area (TPSA) is 105 Å². The number of fused-ring (bicyclic) bond motifs is 1. The number of aromatic nitrogens is 3. The summed E-state index contributed by atoms with van der Waals surface area (Å²) in [4.78, 5) is 16.3. The van der Waals surface area contributed by atoms with Gasteiger partial charge in [0.25, 0.3) is 0 Å². The normalized spacial score (nSPS) is 21.6. The number of hydrogen-bond acceptors (Lipinski definition) is 9. The van der Waals surface area contributed by atoms with Gasteiger partial charge in [-0.05, 0) is 25.1 Å². The Morgan fingerprint density at radius 2 is 1.97 bits per heavy atom. The van der Waals surface area contributed by atoms with E-state index in [-0.39, 0.29) is 6.54 Å². The van der Waals surface area contributed by atoms with Crippen LogP contribution < -0.4 is 15.5 Å². The Bertz CT molecular complexity index is 1080. The second-order valence-corrected chi connectivity index (χ2v) is 8.21. The number of nitrogens with zero attached hydrogens (tertiary/aromatic N) is 4. The first-order chi connectivity index (χ1) is 15.6. The molecule has 1 atom stereocenters. The number of rotatable bonds is 5. The molecule has 0 saturated carbocycles. The van der Waals surface area contributed by atoms with Crippen LogP contribution in [0.5, 0.6) is 0 Å². The molecule has 9 heteroatoms. The molecule has 2 saturated heterocycles. The third kappa shape index (κ3) is 4.51. The lowest BCUT2D eigenvalue weighted by molar-refractivity contribution is -0.203. The fourth-order valence-corrected chi connectivity index (χ4v) is 4.03. The maximum atomic E-state index is 10.7. The summed E-state index contributed by atoms with van der Waals surface area (Å²) in [5.41, 5.74) is 5.21. The minimum absolute atomic E-state index is 0.192. The first-order valence-electron chi connectivity index (χ1n) is 11.0. The van der Waals surface area contributed by atoms with Crippen LogP contribution in [0.4, 0.5) is 11.5 Å². The Labute approximate surface area is 186 Å². The number of anilines is 2. The fourth-order valence-electron chi connectivity index (χ4n) is 4.03. The number of ether oxygens (including phenoxy) is 2. The van der Waals surface area contributed by atoms with E-state index in [9.17, 15) is 5.11 Å². The van der Waals surface area contributed by atoms with E-state index in [1.807, 2.05) is 13.0 Å². The second-order valence-electron chi connectivity index (χ2n) is 8.21. The van der Waals surface area contributed by atoms with Crippen LogP contribution in [0, 0.1) is 6.92 Å². The number of aryl methyl sites for hydroxylation is 1. The molecule has 0 amide bonds. The summed E-state index contributed by atoms with van der Waals surface area (Å²) in [5.74, 6) is -0.718. The van der Waals surface area contributed by atoms with E-state index >= 15 is 0 Å². The number of nitrogens with one attached hydrogen (secondary N) is 2. The first kappa shape index (κ1) is 21.0. The Balaban J connectivity index is 1.45. The van der Waals surface area contributed by atoms with Crippen LogP contribution in [-0.4, -0.2) is 78.4 Å². The molecule has 2 aliphatic heterocycles. The molecule has 168 valence electrons. The predicted molar refractivity (Wildman–Crippen MR) is 123 cm³/mol. The van der Waals surface area contributed by atoms with Crippen LogP contribution in [-0.2, 0) is 9.47 Å². The largest absolute Gasteiger partial charge is 0.378 e. The zero-order valence-electron chi connectivity index (χ0n) is 18.2. The standard InChI is InChI=1S/C23H28N6O3/c1-16-13-25-21-20(27-16)12-19(28-22(21)26-15-23(30)14-24-6-9-32-23)17-2-4-18(5-3-17)29-7-10-31-11-8-29/h2-5,12-13,24,30H,6-11,14-15H2,1H3,(H,26,28)/t23-/m1/s1. The highest BCUT2D eigenvalue weighted by atomic mass is 16.6. The van der Waals surface area contributed by atoms with E-state index in [0.29, 0.717) is 24.5 Å². The molecule has 3 aromatic rings. The summed E-state index contributed by atoms with van der Waals surface area (Å²) in [7, 11) is 0. The van der Waals surface area contributed by atoms with E-state index in [2.05, 4.69) is 49.8 Å². The third-order valence-corrected chi connectivity index (χ3v) is 5.77. The van der Waals surface area contributed by atoms with Gasteiger partial charge in [0.15, 0.2) is 11.6 Å². The van der Waals surface area contributed by atoms with Crippen LogP contribution in [0.1, 0.15) is 5.69 Å². The number of aliphatic hydroxyl groups is 1. The summed E-state index contributed by atoms with van der Waals surface area (Å²) in [6.45, 7) is 6.96. The average Bonchev–Trinajstić information content (AvgIpc) is 2.83. The van der Waals surface area contributed by atoms with Crippen LogP contribution in [0.25, 0.3) is 22.3 Å². The molecule has 9 nitrogen and oxygen atoms in total. The Hall–Kier alpha value is -2.85. The van der Waals surface area contributed by atoms with Gasteiger partial charge in [0.2, 0.25) is 0 Å². The number of benzene rings is 1. The molecule has 5 rings (SSSR count). The second kappa shape index (κ2) is 8.95. The lowest BCUT2D eigenvalue weighted by Crippen LogP contribution is -2.53. The molecule has 2 aromatic heterocycles. The number of β-amino-alcohol motifs (C(OH)–C–C–N with tert-alkyl or cyclic N) is 1. The molecule has 1 aromatic carbocycles. The monoisotopic (exact) mass is 436 g/mol. The van der Waals surface area contributed by atoms with Gasteiger partial charge in [0.05, 0.1) is 49.8 Å². The molecule has 0 spiro atoms. The SMILES string of the molecule is Cc1cnc2c(NC[C@@]3(O)CNCCO3)nc(-c3ccc(N4CCOCC4)cc3)cc2n1. The molecule has 2 aliphatic rings. The van der Waals surface area contributed by atoms with Crippen molar-refractivity contribution < 1.29 is 14.6 Å². The van der Waals surface area contributed by atoms with E-state index in [0.717, 1.165) is 55.3 Å². The van der Waals surface area contributed by atoms with E-state index in [1.54, 1.807) is 6.20 Å². The van der Waals surface area contributed by atoms with Gasteiger partial charge in [-0.25, -0.2) is 15.0 Å². The lowest BCUT2D eigenvalue weighted by Gasteiger charge is -2.33. The van der Waals surface area contributed by atoms with Crippen molar-refractivity contribution in [1.82, 2.24) is 20.3 Å². The van der Waals surface area contributed by atoms with Crippen LogP contribution in [0.15, 0.2) is 36.5 Å². The van der Waals surface area contributed by atoms with Gasteiger partial charge in [-0.1, -0.05) is 12.1 Å². The van der Waals surface area contributed by atoms with Crippen molar-refractivity contribution in [1.29, 1.82) is 0 Å². The van der Waals surface area contributed by atoms with Crippen molar-refractivity contribution in [3.8, 4) is 11.3 Å². The molecule has 4 heterocycles. The summed E-state index contributed by atoms with van der Waals surface area (Å²) in [5, 5.41) is 17.1. The van der Waals surface area contributed by atoms with Gasteiger partial charge < -0.3 is 30.1 Å². The van der Waals surface area contributed by atoms with Crippen molar-refractivity contribution >= 4 is 22.5 Å². The number of hydrogen-bond donors (Lipinski definition) is 3. The van der Waals surface area contributed by atoms with Gasteiger partial charge in [-0.2, -0.15) is 0 Å². The summed E-state index contributed by atoms with van der Waals surface area (Å²) in [6, 6.07) is 10.3. The van der Waals surface area contributed by atoms with Crippen molar-refractivity contribution in [2.24, 2.45) is 0 Å². The minimum atomic E-state index is -1.29. The maximum Gasteiger partial charge on any atom is 0.195 e. The highest BCUT2D eigenvalue weighted by molar-refractivity contribution is 5.88. The van der Waals surface area contributed by atoms with Gasteiger partial charge in [-0.3, -0.25) is 0 Å². The van der Waals surface area contributed by atoms with Gasteiger partial charge in [0.1, 0.15) is 5.52 Å². The van der Waals surface area contributed by atoms with Crippen molar-refractivity contribution in [3.05, 3.63) is 42.2 Å². The van der Waals surface area contributed by atoms with Crippen LogP contribution in [0.2, 0.25) is 0 Å². The van der Waals surface area contributed by atoms with Crippen molar-refractivity contribution in [2.45, 2.75) is 12.7 Å². The van der Waals surface area contributed by atoms with E-state index < -0.39 is 5.79 Å². The molecule has 32 heavy (non-hydrogen) atoms. The molecule has 0 unspecified atom stereocenters. The minimum Gasteiger partial charge on any atom is -0.378 e. The van der Waals surface area contributed by atoms with Crippen LogP contribution in [0.3, 0.4) is 0 Å². The Kier molecular flexibility index (Phi) is 5.88. The molecule has 2 fully saturated rings.